The van der Waals surface area contributed by atoms with Crippen molar-refractivity contribution in [1.29, 1.82) is 0 Å². The monoisotopic (exact) mass is 261 g/mol. The molecule has 1 aliphatic carbocycles. The molecule has 3 heteroatoms. The normalized spacial score (nSPS) is 27.5. The van der Waals surface area contributed by atoms with E-state index in [-0.39, 0.29) is 11.7 Å². The van der Waals surface area contributed by atoms with Crippen LogP contribution < -0.4 is 0 Å². The van der Waals surface area contributed by atoms with Crippen molar-refractivity contribution in [3.05, 3.63) is 30.1 Å². The topological polar surface area (TPSA) is 42.4 Å². The van der Waals surface area contributed by atoms with Gasteiger partial charge in [-0.3, -0.25) is 4.98 Å². The highest BCUT2D eigenvalue weighted by Crippen LogP contribution is 2.43. The van der Waals surface area contributed by atoms with E-state index in [1.807, 2.05) is 12.1 Å². The Bertz CT molecular complexity index is 400. The molecule has 3 rings (SSSR count). The minimum absolute atomic E-state index is 0.0993. The molecule has 104 valence electrons. The molecule has 0 aromatic carbocycles. The Labute approximate surface area is 115 Å². The molecular formula is C16H23NO2. The summed E-state index contributed by atoms with van der Waals surface area (Å²) in [5, 5.41) is 10.5. The minimum atomic E-state index is -0.247. The number of aliphatic hydroxyl groups is 1. The van der Waals surface area contributed by atoms with Gasteiger partial charge < -0.3 is 9.84 Å². The van der Waals surface area contributed by atoms with E-state index in [0.29, 0.717) is 5.92 Å². The number of rotatable bonds is 3. The average molecular weight is 261 g/mol. The lowest BCUT2D eigenvalue weighted by Crippen LogP contribution is -2.41. The molecule has 1 aromatic rings. The summed E-state index contributed by atoms with van der Waals surface area (Å²) in [5.74, 6) is 0.389. The van der Waals surface area contributed by atoms with Gasteiger partial charge in [0.05, 0.1) is 11.7 Å². The molecule has 2 unspecified atom stereocenters. The highest BCUT2D eigenvalue weighted by molar-refractivity contribution is 5.11. The Kier molecular flexibility index (Phi) is 3.85. The first-order valence-corrected chi connectivity index (χ1v) is 7.48. The molecule has 1 aliphatic heterocycles. The zero-order chi connectivity index (χ0) is 13.1. The molecule has 1 aromatic heterocycles. The third-order valence-electron chi connectivity index (χ3n) is 4.78. The van der Waals surface area contributed by atoms with Crippen molar-refractivity contribution in [2.75, 3.05) is 6.61 Å². The first kappa shape index (κ1) is 13.1. The van der Waals surface area contributed by atoms with Gasteiger partial charge in [-0.05, 0) is 55.7 Å². The van der Waals surface area contributed by atoms with E-state index in [9.17, 15) is 5.11 Å². The number of pyridine rings is 1. The van der Waals surface area contributed by atoms with E-state index in [4.69, 9.17) is 4.74 Å². The second kappa shape index (κ2) is 5.59. The van der Waals surface area contributed by atoms with Crippen molar-refractivity contribution in [3.63, 3.8) is 0 Å². The SMILES string of the molecule is OC(Cc1ccncc1)C1CCOC2(CCCC2)C1. The molecule has 2 aliphatic rings. The third kappa shape index (κ3) is 2.98. The highest BCUT2D eigenvalue weighted by atomic mass is 16.5. The fourth-order valence-corrected chi connectivity index (χ4v) is 3.69. The van der Waals surface area contributed by atoms with Crippen LogP contribution in [0.1, 0.15) is 44.1 Å². The zero-order valence-corrected chi connectivity index (χ0v) is 11.4. The third-order valence-corrected chi connectivity index (χ3v) is 4.78. The Morgan fingerprint density at radius 1 is 1.32 bits per heavy atom. The van der Waals surface area contributed by atoms with Gasteiger partial charge in [0.15, 0.2) is 0 Å². The van der Waals surface area contributed by atoms with Crippen LogP contribution in [0.5, 0.6) is 0 Å². The Hall–Kier alpha value is -0.930. The molecule has 2 heterocycles. The maximum absolute atomic E-state index is 10.5. The fourth-order valence-electron chi connectivity index (χ4n) is 3.69. The van der Waals surface area contributed by atoms with Crippen LogP contribution in [0, 0.1) is 5.92 Å². The predicted molar refractivity (Wildman–Crippen MR) is 73.8 cm³/mol. The van der Waals surface area contributed by atoms with Crippen LogP contribution in [-0.2, 0) is 11.2 Å². The fraction of sp³-hybridized carbons (Fsp3) is 0.688. The lowest BCUT2D eigenvalue weighted by Gasteiger charge is -2.40. The van der Waals surface area contributed by atoms with Crippen LogP contribution >= 0.6 is 0 Å². The highest BCUT2D eigenvalue weighted by Gasteiger charge is 2.41. The molecule has 3 nitrogen and oxygen atoms in total. The molecule has 0 radical (unpaired) electrons. The van der Waals surface area contributed by atoms with Crippen LogP contribution in [-0.4, -0.2) is 28.4 Å². The summed E-state index contributed by atoms with van der Waals surface area (Å²) in [5.41, 5.74) is 1.27. The van der Waals surface area contributed by atoms with E-state index in [1.165, 1.54) is 31.2 Å². The van der Waals surface area contributed by atoms with Gasteiger partial charge in [0.1, 0.15) is 0 Å². The van der Waals surface area contributed by atoms with Crippen LogP contribution in [0.4, 0.5) is 0 Å². The van der Waals surface area contributed by atoms with E-state index in [0.717, 1.165) is 25.9 Å². The van der Waals surface area contributed by atoms with E-state index >= 15 is 0 Å². The number of aliphatic hydroxyl groups excluding tert-OH is 1. The number of hydrogen-bond donors (Lipinski definition) is 1. The molecule has 1 spiro atoms. The molecule has 2 atom stereocenters. The van der Waals surface area contributed by atoms with Crippen LogP contribution in [0.3, 0.4) is 0 Å². The number of hydrogen-bond acceptors (Lipinski definition) is 3. The van der Waals surface area contributed by atoms with Crippen molar-refractivity contribution in [3.8, 4) is 0 Å². The van der Waals surface area contributed by atoms with Crippen molar-refractivity contribution in [2.45, 2.75) is 56.7 Å². The van der Waals surface area contributed by atoms with Gasteiger partial charge >= 0.3 is 0 Å². The lowest BCUT2D eigenvalue weighted by atomic mass is 9.80. The maximum Gasteiger partial charge on any atom is 0.0686 e. The average Bonchev–Trinajstić information content (AvgIpc) is 2.88. The number of aromatic nitrogens is 1. The minimum Gasteiger partial charge on any atom is -0.392 e. The molecule has 1 saturated heterocycles. The molecule has 1 N–H and O–H groups in total. The molecule has 1 saturated carbocycles. The Balaban J connectivity index is 1.61. The summed E-state index contributed by atoms with van der Waals surface area (Å²) >= 11 is 0. The molecule has 0 bridgehead atoms. The molecular weight excluding hydrogens is 238 g/mol. The number of ether oxygens (including phenoxy) is 1. The molecule has 0 amide bonds. The van der Waals surface area contributed by atoms with E-state index in [1.54, 1.807) is 12.4 Å². The van der Waals surface area contributed by atoms with Crippen LogP contribution in [0.25, 0.3) is 0 Å². The Morgan fingerprint density at radius 3 is 2.79 bits per heavy atom. The largest absolute Gasteiger partial charge is 0.392 e. The maximum atomic E-state index is 10.5. The summed E-state index contributed by atoms with van der Waals surface area (Å²) in [6, 6.07) is 3.99. The van der Waals surface area contributed by atoms with Gasteiger partial charge in [-0.1, -0.05) is 12.8 Å². The van der Waals surface area contributed by atoms with Gasteiger partial charge in [0.2, 0.25) is 0 Å². The van der Waals surface area contributed by atoms with E-state index < -0.39 is 0 Å². The quantitative estimate of drug-likeness (QED) is 0.909. The standard InChI is InChI=1S/C16H23NO2/c18-15(11-13-3-8-17-9-4-13)14-5-10-19-16(12-14)6-1-2-7-16/h3-4,8-9,14-15,18H,1-2,5-7,10-12H2. The van der Waals surface area contributed by atoms with Crippen molar-refractivity contribution in [1.82, 2.24) is 4.98 Å². The summed E-state index contributed by atoms with van der Waals surface area (Å²) in [7, 11) is 0. The summed E-state index contributed by atoms with van der Waals surface area (Å²) in [6.45, 7) is 0.818. The summed E-state index contributed by atoms with van der Waals surface area (Å²) < 4.78 is 6.04. The van der Waals surface area contributed by atoms with Crippen LogP contribution in [0.15, 0.2) is 24.5 Å². The van der Waals surface area contributed by atoms with Crippen LogP contribution in [0.2, 0.25) is 0 Å². The smallest absolute Gasteiger partial charge is 0.0686 e. The van der Waals surface area contributed by atoms with Gasteiger partial charge in [-0.15, -0.1) is 0 Å². The van der Waals surface area contributed by atoms with E-state index in [2.05, 4.69) is 4.98 Å². The molecule has 19 heavy (non-hydrogen) atoms. The van der Waals surface area contributed by atoms with Crippen molar-refractivity contribution >= 4 is 0 Å². The first-order valence-electron chi connectivity index (χ1n) is 7.48. The van der Waals surface area contributed by atoms with Gasteiger partial charge in [-0.25, -0.2) is 0 Å². The second-order valence-electron chi connectivity index (χ2n) is 6.12. The molecule has 2 fully saturated rings. The Morgan fingerprint density at radius 2 is 2.05 bits per heavy atom. The van der Waals surface area contributed by atoms with Gasteiger partial charge in [0.25, 0.3) is 0 Å². The van der Waals surface area contributed by atoms with Gasteiger partial charge in [-0.2, -0.15) is 0 Å². The first-order chi connectivity index (χ1) is 9.27. The lowest BCUT2D eigenvalue weighted by molar-refractivity contribution is -0.112. The van der Waals surface area contributed by atoms with Crippen molar-refractivity contribution in [2.24, 2.45) is 5.92 Å². The number of nitrogens with zero attached hydrogens (tertiary/aromatic N) is 1. The van der Waals surface area contributed by atoms with Gasteiger partial charge in [0, 0.05) is 19.0 Å². The summed E-state index contributed by atoms with van der Waals surface area (Å²) in [6.07, 6.45) is 11.1. The second-order valence-corrected chi connectivity index (χ2v) is 6.12. The zero-order valence-electron chi connectivity index (χ0n) is 11.4. The van der Waals surface area contributed by atoms with Crippen molar-refractivity contribution < 1.29 is 9.84 Å². The summed E-state index contributed by atoms with van der Waals surface area (Å²) in [4.78, 5) is 4.02. The predicted octanol–water partition coefficient (Wildman–Crippen LogP) is 2.72.